The van der Waals surface area contributed by atoms with Crippen LogP contribution in [0.15, 0.2) is 6.07 Å². The summed E-state index contributed by atoms with van der Waals surface area (Å²) in [6.45, 7) is 4.26. The molecule has 0 radical (unpaired) electrons. The lowest BCUT2D eigenvalue weighted by molar-refractivity contribution is 0.0905. The van der Waals surface area contributed by atoms with Crippen molar-refractivity contribution in [3.8, 4) is 0 Å². The minimum Gasteiger partial charge on any atom is -0.345 e. The van der Waals surface area contributed by atoms with Gasteiger partial charge in [0, 0.05) is 24.0 Å². The molecule has 2 heterocycles. The first-order valence-corrected chi connectivity index (χ1v) is 8.30. The lowest BCUT2D eigenvalue weighted by Crippen LogP contribution is -2.46. The summed E-state index contributed by atoms with van der Waals surface area (Å²) in [4.78, 5) is 21.1. The van der Waals surface area contributed by atoms with Crippen molar-refractivity contribution in [2.24, 2.45) is 11.7 Å². The normalized spacial score (nSPS) is 17.3. The Hall–Kier alpha value is -2.02. The molecule has 1 aliphatic rings. The molecule has 0 aliphatic heterocycles. The molecule has 7 heteroatoms. The van der Waals surface area contributed by atoms with E-state index >= 15 is 0 Å². The number of carbonyl (C=O) groups is 1. The third-order valence-corrected chi connectivity index (χ3v) is 4.61. The fourth-order valence-corrected chi connectivity index (χ4v) is 3.40. The average molecular weight is 316 g/mol. The number of amides is 1. The van der Waals surface area contributed by atoms with Gasteiger partial charge < -0.3 is 11.1 Å². The Labute approximate surface area is 135 Å². The van der Waals surface area contributed by atoms with E-state index < -0.39 is 0 Å². The molecular formula is C16H24N6O. The van der Waals surface area contributed by atoms with Gasteiger partial charge in [0.25, 0.3) is 11.7 Å². The third kappa shape index (κ3) is 3.34. The van der Waals surface area contributed by atoms with Gasteiger partial charge in [0.15, 0.2) is 0 Å². The van der Waals surface area contributed by atoms with Crippen LogP contribution in [0, 0.1) is 19.8 Å². The van der Waals surface area contributed by atoms with Crippen LogP contribution in [0.5, 0.6) is 0 Å². The van der Waals surface area contributed by atoms with Crippen LogP contribution in [-0.2, 0) is 0 Å². The Balaban J connectivity index is 1.78. The lowest BCUT2D eigenvalue weighted by Gasteiger charge is -2.29. The quantitative estimate of drug-likeness (QED) is 0.888. The van der Waals surface area contributed by atoms with Gasteiger partial charge in [-0.3, -0.25) is 4.79 Å². The molecule has 1 atom stereocenters. The number of carbonyl (C=O) groups excluding carboxylic acids is 1. The Bertz CT molecular complexity index is 704. The second kappa shape index (κ2) is 6.62. The molecule has 1 aliphatic carbocycles. The number of nitrogens with one attached hydrogen (secondary N) is 1. The highest BCUT2D eigenvalue weighted by molar-refractivity contribution is 5.91. The van der Waals surface area contributed by atoms with E-state index in [1.165, 1.54) is 19.3 Å². The van der Waals surface area contributed by atoms with Crippen molar-refractivity contribution < 1.29 is 4.79 Å². The van der Waals surface area contributed by atoms with Crippen molar-refractivity contribution >= 4 is 11.7 Å². The van der Waals surface area contributed by atoms with Gasteiger partial charge in [-0.2, -0.15) is 4.98 Å². The van der Waals surface area contributed by atoms with Gasteiger partial charge in [0.1, 0.15) is 0 Å². The summed E-state index contributed by atoms with van der Waals surface area (Å²) in [7, 11) is 0. The third-order valence-electron chi connectivity index (χ3n) is 4.61. The van der Waals surface area contributed by atoms with Crippen LogP contribution < -0.4 is 11.1 Å². The number of aromatic nitrogens is 4. The second-order valence-electron chi connectivity index (χ2n) is 6.40. The Morgan fingerprint density at radius 2 is 2.09 bits per heavy atom. The number of aryl methyl sites for hydroxylation is 2. The number of hydrogen-bond donors (Lipinski definition) is 2. The second-order valence-corrected chi connectivity index (χ2v) is 6.40. The van der Waals surface area contributed by atoms with Gasteiger partial charge in [-0.05, 0) is 38.7 Å². The van der Waals surface area contributed by atoms with E-state index in [4.69, 9.17) is 5.73 Å². The summed E-state index contributed by atoms with van der Waals surface area (Å²) in [6, 6.07) is 1.90. The number of rotatable bonds is 4. The van der Waals surface area contributed by atoms with Gasteiger partial charge in [-0.25, -0.2) is 9.50 Å². The molecule has 3 rings (SSSR count). The van der Waals surface area contributed by atoms with Gasteiger partial charge in [-0.1, -0.05) is 19.3 Å². The Morgan fingerprint density at radius 1 is 1.35 bits per heavy atom. The predicted octanol–water partition coefficient (Wildman–Crippen LogP) is 1.38. The number of nitrogens with zero attached hydrogens (tertiary/aromatic N) is 4. The maximum Gasteiger partial charge on any atom is 0.291 e. The summed E-state index contributed by atoms with van der Waals surface area (Å²) in [5.74, 6) is 0.792. The van der Waals surface area contributed by atoms with Crippen LogP contribution >= 0.6 is 0 Å². The van der Waals surface area contributed by atoms with E-state index in [1.54, 1.807) is 4.52 Å². The first kappa shape index (κ1) is 15.9. The SMILES string of the molecule is Cc1cc(C)n2nc(C(=O)NC(CN)C3CCCCC3)nc2n1. The molecule has 1 fully saturated rings. The summed E-state index contributed by atoms with van der Waals surface area (Å²) in [5.41, 5.74) is 7.64. The average Bonchev–Trinajstić information content (AvgIpc) is 2.97. The van der Waals surface area contributed by atoms with E-state index in [1.807, 2.05) is 19.9 Å². The number of nitrogens with two attached hydrogens (primary N) is 1. The monoisotopic (exact) mass is 316 g/mol. The van der Waals surface area contributed by atoms with E-state index in [0.717, 1.165) is 24.2 Å². The zero-order valence-electron chi connectivity index (χ0n) is 13.7. The predicted molar refractivity (Wildman–Crippen MR) is 87.1 cm³/mol. The molecule has 1 amide bonds. The summed E-state index contributed by atoms with van der Waals surface area (Å²) in [5, 5.41) is 7.29. The maximum atomic E-state index is 12.5. The highest BCUT2D eigenvalue weighted by Crippen LogP contribution is 2.26. The fraction of sp³-hybridized carbons (Fsp3) is 0.625. The van der Waals surface area contributed by atoms with Crippen molar-refractivity contribution in [3.63, 3.8) is 0 Å². The molecular weight excluding hydrogens is 292 g/mol. The van der Waals surface area contributed by atoms with Crippen LogP contribution in [0.2, 0.25) is 0 Å². The van der Waals surface area contributed by atoms with E-state index in [-0.39, 0.29) is 17.8 Å². The van der Waals surface area contributed by atoms with Gasteiger partial charge in [0.05, 0.1) is 0 Å². The first-order chi connectivity index (χ1) is 11.1. The maximum absolute atomic E-state index is 12.5. The summed E-state index contributed by atoms with van der Waals surface area (Å²) >= 11 is 0. The van der Waals surface area contributed by atoms with Crippen molar-refractivity contribution in [2.45, 2.75) is 52.0 Å². The molecule has 1 unspecified atom stereocenters. The molecule has 0 spiro atoms. The fourth-order valence-electron chi connectivity index (χ4n) is 3.40. The van der Waals surface area contributed by atoms with Crippen LogP contribution in [0.4, 0.5) is 0 Å². The van der Waals surface area contributed by atoms with Crippen molar-refractivity contribution in [1.29, 1.82) is 0 Å². The number of hydrogen-bond acceptors (Lipinski definition) is 5. The molecule has 0 saturated heterocycles. The van der Waals surface area contributed by atoms with Crippen LogP contribution in [0.1, 0.15) is 54.1 Å². The lowest BCUT2D eigenvalue weighted by atomic mass is 9.84. The molecule has 1 saturated carbocycles. The van der Waals surface area contributed by atoms with Gasteiger partial charge >= 0.3 is 0 Å². The van der Waals surface area contributed by atoms with Gasteiger partial charge in [0.2, 0.25) is 5.82 Å². The molecule has 2 aromatic rings. The van der Waals surface area contributed by atoms with E-state index in [9.17, 15) is 4.79 Å². The van der Waals surface area contributed by atoms with Crippen molar-refractivity contribution in [3.05, 3.63) is 23.3 Å². The molecule has 2 aromatic heterocycles. The molecule has 23 heavy (non-hydrogen) atoms. The molecule has 3 N–H and O–H groups in total. The number of fused-ring (bicyclic) bond motifs is 1. The minimum absolute atomic E-state index is 0.00907. The van der Waals surface area contributed by atoms with Gasteiger partial charge in [-0.15, -0.1) is 5.10 Å². The smallest absolute Gasteiger partial charge is 0.291 e. The summed E-state index contributed by atoms with van der Waals surface area (Å²) < 4.78 is 1.60. The van der Waals surface area contributed by atoms with Crippen molar-refractivity contribution in [2.75, 3.05) is 6.54 Å². The molecule has 0 aromatic carbocycles. The zero-order valence-corrected chi connectivity index (χ0v) is 13.7. The van der Waals surface area contributed by atoms with Crippen molar-refractivity contribution in [1.82, 2.24) is 24.9 Å². The molecule has 7 nitrogen and oxygen atoms in total. The largest absolute Gasteiger partial charge is 0.345 e. The Kier molecular flexibility index (Phi) is 4.56. The molecule has 124 valence electrons. The Morgan fingerprint density at radius 3 is 2.78 bits per heavy atom. The molecule has 0 bridgehead atoms. The topological polar surface area (TPSA) is 98.2 Å². The zero-order chi connectivity index (χ0) is 16.4. The van der Waals surface area contributed by atoms with Crippen LogP contribution in [-0.4, -0.2) is 38.1 Å². The highest BCUT2D eigenvalue weighted by atomic mass is 16.2. The standard InChI is InChI=1S/C16H24N6O/c1-10-8-11(2)22-16(18-10)20-14(21-22)15(23)19-13(9-17)12-6-4-3-5-7-12/h8,12-13H,3-7,9,17H2,1-2H3,(H,19,23). The first-order valence-electron chi connectivity index (χ1n) is 8.30. The van der Waals surface area contributed by atoms with Crippen LogP contribution in [0.3, 0.4) is 0 Å². The van der Waals surface area contributed by atoms with E-state index in [0.29, 0.717) is 18.2 Å². The van der Waals surface area contributed by atoms with Crippen LogP contribution in [0.25, 0.3) is 5.78 Å². The van der Waals surface area contributed by atoms with E-state index in [2.05, 4.69) is 20.4 Å². The minimum atomic E-state index is -0.270. The highest BCUT2D eigenvalue weighted by Gasteiger charge is 2.26. The summed E-state index contributed by atoms with van der Waals surface area (Å²) in [6.07, 6.45) is 5.96.